The smallest absolute Gasteiger partial charge is 0.247 e. The number of halogens is 1. The number of rotatable bonds is 11. The van der Waals surface area contributed by atoms with E-state index in [2.05, 4.69) is 32.8 Å². The normalized spacial score (nSPS) is 21.6. The summed E-state index contributed by atoms with van der Waals surface area (Å²) in [5.41, 5.74) is 1.30. The molecule has 1 saturated heterocycles. The Morgan fingerprint density at radius 1 is 1.10 bits per heavy atom. The molecule has 1 aliphatic heterocycles. The molecule has 2 aromatic rings. The highest BCUT2D eigenvalue weighted by Gasteiger charge is 2.40. The van der Waals surface area contributed by atoms with Crippen LogP contribution in [0.15, 0.2) is 66.2 Å². The SMILES string of the molecule is O=C(NCCO)C1=C[C@H](Oc2ccccc2I)[C@@H](O)[C@H](N(CCN2CCOCC2)C(=O)Cc2ccccc2)C1. The number of ether oxygens (including phenoxy) is 2. The van der Waals surface area contributed by atoms with Gasteiger partial charge in [0.1, 0.15) is 18.0 Å². The van der Waals surface area contributed by atoms with E-state index in [4.69, 9.17) is 9.47 Å². The highest BCUT2D eigenvalue weighted by molar-refractivity contribution is 14.1. The first kappa shape index (κ1) is 29.5. The van der Waals surface area contributed by atoms with Gasteiger partial charge in [-0.15, -0.1) is 0 Å². The molecule has 1 aliphatic carbocycles. The van der Waals surface area contributed by atoms with E-state index in [0.29, 0.717) is 37.6 Å². The third kappa shape index (κ3) is 8.24. The van der Waals surface area contributed by atoms with Gasteiger partial charge in [0.05, 0.1) is 35.9 Å². The minimum absolute atomic E-state index is 0.110. The fourth-order valence-electron chi connectivity index (χ4n) is 4.89. The van der Waals surface area contributed by atoms with Gasteiger partial charge >= 0.3 is 0 Å². The van der Waals surface area contributed by atoms with Crippen molar-refractivity contribution in [1.29, 1.82) is 0 Å². The molecule has 1 heterocycles. The van der Waals surface area contributed by atoms with Crippen LogP contribution in [0.4, 0.5) is 0 Å². The van der Waals surface area contributed by atoms with Crippen LogP contribution in [0.5, 0.6) is 5.75 Å². The maximum Gasteiger partial charge on any atom is 0.247 e. The molecule has 2 aromatic carbocycles. The fourth-order valence-corrected chi connectivity index (χ4v) is 5.40. The summed E-state index contributed by atoms with van der Waals surface area (Å²) < 4.78 is 12.6. The molecular weight excluding hydrogens is 613 g/mol. The standard InChI is InChI=1S/C29H36IN3O6/c30-23-8-4-5-9-25(23)39-26-20-22(29(37)31-10-15-34)19-24(28(26)36)33(12-11-32-13-16-38-17-14-32)27(35)18-21-6-2-1-3-7-21/h1-9,20,24,26,28,34,36H,10-19H2,(H,31,37)/t24-,26+,28+/m1/s1. The summed E-state index contributed by atoms with van der Waals surface area (Å²) in [4.78, 5) is 30.7. The van der Waals surface area contributed by atoms with Crippen LogP contribution < -0.4 is 10.1 Å². The molecule has 0 saturated carbocycles. The summed E-state index contributed by atoms with van der Waals surface area (Å²) in [6.45, 7) is 3.80. The lowest BCUT2D eigenvalue weighted by molar-refractivity contribution is -0.138. The van der Waals surface area contributed by atoms with Gasteiger partial charge in [-0.2, -0.15) is 0 Å². The monoisotopic (exact) mass is 649 g/mol. The van der Waals surface area contributed by atoms with E-state index in [9.17, 15) is 19.8 Å². The van der Waals surface area contributed by atoms with Crippen molar-refractivity contribution in [3.05, 3.63) is 75.4 Å². The first-order valence-corrected chi connectivity index (χ1v) is 14.4. The lowest BCUT2D eigenvalue weighted by atomic mass is 9.87. The number of carbonyl (C=O) groups excluding carboxylic acids is 2. The van der Waals surface area contributed by atoms with Gasteiger partial charge in [0.15, 0.2) is 0 Å². The number of nitrogens with zero attached hydrogens (tertiary/aromatic N) is 2. The summed E-state index contributed by atoms with van der Waals surface area (Å²) in [6, 6.07) is 16.3. The minimum Gasteiger partial charge on any atom is -0.482 e. The van der Waals surface area contributed by atoms with Crippen LogP contribution in [0.1, 0.15) is 12.0 Å². The predicted molar refractivity (Wildman–Crippen MR) is 155 cm³/mol. The van der Waals surface area contributed by atoms with Crippen LogP contribution in [0, 0.1) is 3.57 Å². The van der Waals surface area contributed by atoms with Crippen molar-refractivity contribution < 1.29 is 29.3 Å². The zero-order valence-corrected chi connectivity index (χ0v) is 24.0. The number of morpholine rings is 1. The second-order valence-electron chi connectivity index (χ2n) is 9.65. The molecule has 39 heavy (non-hydrogen) atoms. The van der Waals surface area contributed by atoms with E-state index in [1.807, 2.05) is 54.6 Å². The summed E-state index contributed by atoms with van der Waals surface area (Å²) >= 11 is 2.17. The molecule has 10 heteroatoms. The average Bonchev–Trinajstić information content (AvgIpc) is 2.95. The number of amides is 2. The van der Waals surface area contributed by atoms with E-state index >= 15 is 0 Å². The van der Waals surface area contributed by atoms with Crippen LogP contribution in [0.2, 0.25) is 0 Å². The van der Waals surface area contributed by atoms with Crippen molar-refractivity contribution in [3.8, 4) is 5.75 Å². The van der Waals surface area contributed by atoms with Gasteiger partial charge in [-0.1, -0.05) is 42.5 Å². The molecule has 0 aromatic heterocycles. The van der Waals surface area contributed by atoms with Crippen molar-refractivity contribution >= 4 is 34.4 Å². The van der Waals surface area contributed by atoms with Crippen molar-refractivity contribution in [1.82, 2.24) is 15.1 Å². The third-order valence-corrected chi connectivity index (χ3v) is 7.88. The molecule has 3 atom stereocenters. The number of aliphatic hydroxyl groups excluding tert-OH is 2. The molecule has 1 fully saturated rings. The number of nitrogens with one attached hydrogen (secondary N) is 1. The zero-order chi connectivity index (χ0) is 27.6. The van der Waals surface area contributed by atoms with Crippen LogP contribution in [0.25, 0.3) is 0 Å². The van der Waals surface area contributed by atoms with Crippen LogP contribution in [-0.4, -0.2) is 103 Å². The Kier molecular flexibility index (Phi) is 11.2. The molecule has 2 amide bonds. The average molecular weight is 650 g/mol. The molecule has 0 radical (unpaired) electrons. The van der Waals surface area contributed by atoms with Gasteiger partial charge in [0.2, 0.25) is 11.8 Å². The lowest BCUT2D eigenvalue weighted by Crippen LogP contribution is -2.57. The Hall–Kier alpha value is -2.51. The molecule has 210 valence electrons. The van der Waals surface area contributed by atoms with Gasteiger partial charge < -0.3 is 29.9 Å². The Morgan fingerprint density at radius 2 is 1.82 bits per heavy atom. The molecule has 9 nitrogen and oxygen atoms in total. The molecule has 4 rings (SSSR count). The predicted octanol–water partition coefficient (Wildman–Crippen LogP) is 1.61. The number of benzene rings is 2. The van der Waals surface area contributed by atoms with Crippen molar-refractivity contribution in [2.75, 3.05) is 52.5 Å². The number of hydrogen-bond donors (Lipinski definition) is 3. The number of hydrogen-bond acceptors (Lipinski definition) is 7. The number of aliphatic hydroxyl groups is 2. The van der Waals surface area contributed by atoms with Gasteiger partial charge in [0.25, 0.3) is 0 Å². The van der Waals surface area contributed by atoms with Crippen molar-refractivity contribution in [3.63, 3.8) is 0 Å². The van der Waals surface area contributed by atoms with Gasteiger partial charge in [-0.25, -0.2) is 0 Å². The van der Waals surface area contributed by atoms with Crippen LogP contribution >= 0.6 is 22.6 Å². The summed E-state index contributed by atoms with van der Waals surface area (Å²) in [7, 11) is 0. The highest BCUT2D eigenvalue weighted by Crippen LogP contribution is 2.30. The summed E-state index contributed by atoms with van der Waals surface area (Å²) in [5, 5.41) is 23.5. The van der Waals surface area contributed by atoms with Crippen molar-refractivity contribution in [2.45, 2.75) is 31.1 Å². The van der Waals surface area contributed by atoms with Crippen LogP contribution in [0.3, 0.4) is 0 Å². The molecule has 3 N–H and O–H groups in total. The Balaban J connectivity index is 1.62. The van der Waals surface area contributed by atoms with Gasteiger partial charge in [-0.05, 0) is 46.4 Å². The Labute approximate surface area is 242 Å². The molecular formula is C29H36IN3O6. The summed E-state index contributed by atoms with van der Waals surface area (Å²) in [5.74, 6) is 0.120. The van der Waals surface area contributed by atoms with E-state index < -0.39 is 18.2 Å². The van der Waals surface area contributed by atoms with E-state index in [1.54, 1.807) is 11.0 Å². The second-order valence-corrected chi connectivity index (χ2v) is 10.8. The third-order valence-electron chi connectivity index (χ3n) is 6.99. The van der Waals surface area contributed by atoms with Gasteiger partial charge in [-0.3, -0.25) is 14.5 Å². The quantitative estimate of drug-likeness (QED) is 0.318. The van der Waals surface area contributed by atoms with E-state index in [1.165, 1.54) is 0 Å². The van der Waals surface area contributed by atoms with E-state index in [0.717, 1.165) is 22.2 Å². The Morgan fingerprint density at radius 3 is 2.54 bits per heavy atom. The number of para-hydroxylation sites is 1. The second kappa shape index (κ2) is 14.8. The van der Waals surface area contributed by atoms with Crippen molar-refractivity contribution in [2.24, 2.45) is 0 Å². The molecule has 0 spiro atoms. The topological polar surface area (TPSA) is 112 Å². The fraction of sp³-hybridized carbons (Fsp3) is 0.448. The molecule has 2 aliphatic rings. The Bertz CT molecular complexity index is 1130. The lowest BCUT2D eigenvalue weighted by Gasteiger charge is -2.41. The van der Waals surface area contributed by atoms with Crippen LogP contribution in [-0.2, 0) is 20.7 Å². The van der Waals surface area contributed by atoms with Gasteiger partial charge in [0, 0.05) is 44.7 Å². The number of carbonyl (C=O) groups is 2. The maximum atomic E-state index is 13.8. The largest absolute Gasteiger partial charge is 0.482 e. The molecule has 0 unspecified atom stereocenters. The minimum atomic E-state index is -1.06. The maximum absolute atomic E-state index is 13.8. The first-order chi connectivity index (χ1) is 19.0. The first-order valence-electron chi connectivity index (χ1n) is 13.3. The zero-order valence-electron chi connectivity index (χ0n) is 21.9. The van der Waals surface area contributed by atoms with E-state index in [-0.39, 0.29) is 37.8 Å². The molecule has 0 bridgehead atoms. The highest BCUT2D eigenvalue weighted by atomic mass is 127. The summed E-state index contributed by atoms with van der Waals surface area (Å²) in [6.07, 6.45) is 0.0993.